The molecule has 0 radical (unpaired) electrons. The van der Waals surface area contributed by atoms with E-state index in [0.717, 1.165) is 4.88 Å². The lowest BCUT2D eigenvalue weighted by Gasteiger charge is -2.09. The molecule has 5 nitrogen and oxygen atoms in total. The smallest absolute Gasteiger partial charge is 0.311 e. The highest BCUT2D eigenvalue weighted by Crippen LogP contribution is 2.28. The monoisotopic (exact) mass is 329 g/mol. The number of ether oxygens (including phenoxy) is 2. The van der Waals surface area contributed by atoms with Gasteiger partial charge >= 0.3 is 5.97 Å². The molecule has 1 heterocycles. The summed E-state index contributed by atoms with van der Waals surface area (Å²) < 4.78 is 10.3. The largest absolute Gasteiger partial charge is 0.493 e. The van der Waals surface area contributed by atoms with E-state index in [1.807, 2.05) is 19.1 Å². The molecule has 0 aliphatic carbocycles. The number of nitriles is 1. The van der Waals surface area contributed by atoms with Gasteiger partial charge < -0.3 is 9.47 Å². The fourth-order valence-corrected chi connectivity index (χ4v) is 2.75. The summed E-state index contributed by atoms with van der Waals surface area (Å²) >= 11 is 1.41. The molecular weight excluding hydrogens is 314 g/mol. The summed E-state index contributed by atoms with van der Waals surface area (Å²) in [7, 11) is 1.43. The molecule has 0 amide bonds. The van der Waals surface area contributed by atoms with Crippen molar-refractivity contribution in [3.63, 3.8) is 0 Å². The fourth-order valence-electron chi connectivity index (χ4n) is 1.92. The van der Waals surface area contributed by atoms with E-state index in [-0.39, 0.29) is 24.4 Å². The number of Topliss-reactive ketones (excluding diaryl/α,β-unsaturated/α-hetero) is 1. The van der Waals surface area contributed by atoms with Gasteiger partial charge in [0.05, 0.1) is 30.0 Å². The first kappa shape index (κ1) is 16.7. The molecule has 0 spiro atoms. The van der Waals surface area contributed by atoms with Gasteiger partial charge in [-0.25, -0.2) is 0 Å². The van der Waals surface area contributed by atoms with Crippen LogP contribution >= 0.6 is 11.3 Å². The molecule has 118 valence electrons. The first-order chi connectivity index (χ1) is 11.0. The van der Waals surface area contributed by atoms with E-state index in [0.29, 0.717) is 16.2 Å². The molecule has 23 heavy (non-hydrogen) atoms. The average molecular weight is 329 g/mol. The van der Waals surface area contributed by atoms with E-state index in [1.165, 1.54) is 36.6 Å². The Bertz CT molecular complexity index is 773. The van der Waals surface area contributed by atoms with Gasteiger partial charge in [0.2, 0.25) is 0 Å². The Morgan fingerprint density at radius 2 is 1.96 bits per heavy atom. The van der Waals surface area contributed by atoms with Gasteiger partial charge in [-0.15, -0.1) is 11.3 Å². The highest BCUT2D eigenvalue weighted by molar-refractivity contribution is 7.14. The molecule has 0 unspecified atom stereocenters. The van der Waals surface area contributed by atoms with Crippen molar-refractivity contribution >= 4 is 23.1 Å². The zero-order chi connectivity index (χ0) is 16.8. The number of carbonyl (C=O) groups excluding carboxylic acids is 2. The number of benzene rings is 1. The second-order valence-corrected chi connectivity index (χ2v) is 6.07. The predicted octanol–water partition coefficient (Wildman–Crippen LogP) is 3.51. The number of ketones is 1. The number of nitrogens with zero attached hydrogens (tertiary/aromatic N) is 1. The van der Waals surface area contributed by atoms with Crippen molar-refractivity contribution in [2.75, 3.05) is 7.11 Å². The van der Waals surface area contributed by atoms with Crippen LogP contribution in [0.5, 0.6) is 11.5 Å². The third-order valence-electron chi connectivity index (χ3n) is 3.09. The number of esters is 1. The van der Waals surface area contributed by atoms with E-state index >= 15 is 0 Å². The Kier molecular flexibility index (Phi) is 5.50. The van der Waals surface area contributed by atoms with Crippen molar-refractivity contribution in [1.82, 2.24) is 0 Å². The van der Waals surface area contributed by atoms with Crippen LogP contribution < -0.4 is 9.47 Å². The topological polar surface area (TPSA) is 76.4 Å². The molecule has 1 aromatic carbocycles. The van der Waals surface area contributed by atoms with Crippen LogP contribution in [0.1, 0.15) is 33.0 Å². The van der Waals surface area contributed by atoms with Crippen molar-refractivity contribution in [2.45, 2.75) is 19.8 Å². The minimum absolute atomic E-state index is 0.0149. The number of hydrogen-bond acceptors (Lipinski definition) is 6. The van der Waals surface area contributed by atoms with Crippen LogP contribution in [0.2, 0.25) is 0 Å². The van der Waals surface area contributed by atoms with Crippen LogP contribution in [0, 0.1) is 18.3 Å². The van der Waals surface area contributed by atoms with Gasteiger partial charge in [-0.1, -0.05) is 0 Å². The van der Waals surface area contributed by atoms with Gasteiger partial charge in [-0.2, -0.15) is 5.26 Å². The first-order valence-corrected chi connectivity index (χ1v) is 7.73. The summed E-state index contributed by atoms with van der Waals surface area (Å²) in [6.07, 6.45) is 0.0797. The van der Waals surface area contributed by atoms with Crippen LogP contribution in [0.25, 0.3) is 0 Å². The maximum Gasteiger partial charge on any atom is 0.311 e. The van der Waals surface area contributed by atoms with Crippen molar-refractivity contribution in [3.05, 3.63) is 45.6 Å². The SMILES string of the molecule is COc1cc(C#N)ccc1OC(=O)CCC(=O)c1ccc(C)s1. The second-order valence-electron chi connectivity index (χ2n) is 4.78. The van der Waals surface area contributed by atoms with Crippen LogP contribution in [0.4, 0.5) is 0 Å². The number of rotatable bonds is 6. The minimum atomic E-state index is -0.519. The van der Waals surface area contributed by atoms with Crippen molar-refractivity contribution < 1.29 is 19.1 Å². The van der Waals surface area contributed by atoms with Gasteiger partial charge in [0.25, 0.3) is 0 Å². The third kappa shape index (κ3) is 4.41. The number of hydrogen-bond donors (Lipinski definition) is 0. The lowest BCUT2D eigenvalue weighted by molar-refractivity contribution is -0.134. The minimum Gasteiger partial charge on any atom is -0.493 e. The Balaban J connectivity index is 1.95. The lowest BCUT2D eigenvalue weighted by Crippen LogP contribution is -2.11. The van der Waals surface area contributed by atoms with E-state index in [1.54, 1.807) is 6.07 Å². The van der Waals surface area contributed by atoms with Gasteiger partial charge in [0.15, 0.2) is 17.3 Å². The van der Waals surface area contributed by atoms with Crippen LogP contribution in [0.3, 0.4) is 0 Å². The molecule has 0 fully saturated rings. The van der Waals surface area contributed by atoms with Crippen molar-refractivity contribution in [1.29, 1.82) is 5.26 Å². The standard InChI is InChI=1S/C17H15NO4S/c1-11-3-7-16(23-11)13(19)5-8-17(20)22-14-6-4-12(10-18)9-15(14)21-2/h3-4,6-7,9H,5,8H2,1-2H3. The van der Waals surface area contributed by atoms with E-state index in [9.17, 15) is 9.59 Å². The second kappa shape index (κ2) is 7.56. The molecule has 0 atom stereocenters. The molecule has 0 aliphatic heterocycles. The van der Waals surface area contributed by atoms with Gasteiger partial charge in [0, 0.05) is 17.4 Å². The zero-order valence-corrected chi connectivity index (χ0v) is 13.6. The summed E-state index contributed by atoms with van der Waals surface area (Å²) in [6, 6.07) is 10.1. The summed E-state index contributed by atoms with van der Waals surface area (Å²) in [4.78, 5) is 25.5. The number of methoxy groups -OCH3 is 1. The van der Waals surface area contributed by atoms with Crippen LogP contribution in [0.15, 0.2) is 30.3 Å². The Labute approximate surface area is 138 Å². The zero-order valence-electron chi connectivity index (χ0n) is 12.8. The average Bonchev–Trinajstić information content (AvgIpc) is 2.99. The summed E-state index contributed by atoms with van der Waals surface area (Å²) in [5.41, 5.74) is 0.407. The Morgan fingerprint density at radius 1 is 1.17 bits per heavy atom. The molecule has 1 aromatic heterocycles. The third-order valence-corrected chi connectivity index (χ3v) is 4.13. The highest BCUT2D eigenvalue weighted by atomic mass is 32.1. The molecule has 2 aromatic rings. The van der Waals surface area contributed by atoms with Gasteiger partial charge in [-0.3, -0.25) is 9.59 Å². The van der Waals surface area contributed by atoms with Gasteiger partial charge in [-0.05, 0) is 31.2 Å². The Hall–Kier alpha value is -2.65. The number of aryl methyl sites for hydroxylation is 1. The van der Waals surface area contributed by atoms with E-state index in [2.05, 4.69) is 0 Å². The molecule has 0 saturated carbocycles. The van der Waals surface area contributed by atoms with Gasteiger partial charge in [0.1, 0.15) is 0 Å². The fraction of sp³-hybridized carbons (Fsp3) is 0.235. The normalized spacial score (nSPS) is 9.96. The number of carbonyl (C=O) groups is 2. The first-order valence-electron chi connectivity index (χ1n) is 6.92. The number of thiophene rings is 1. The molecule has 0 aliphatic rings. The van der Waals surface area contributed by atoms with Crippen molar-refractivity contribution in [2.24, 2.45) is 0 Å². The predicted molar refractivity (Wildman–Crippen MR) is 86.0 cm³/mol. The quantitative estimate of drug-likeness (QED) is 0.460. The highest BCUT2D eigenvalue weighted by Gasteiger charge is 2.14. The lowest BCUT2D eigenvalue weighted by atomic mass is 10.2. The molecule has 2 rings (SSSR count). The molecule has 6 heteroatoms. The summed E-state index contributed by atoms with van der Waals surface area (Å²) in [5.74, 6) is -0.0602. The maximum atomic E-state index is 12.0. The summed E-state index contributed by atoms with van der Waals surface area (Å²) in [5, 5.41) is 8.84. The van der Waals surface area contributed by atoms with E-state index in [4.69, 9.17) is 14.7 Å². The molecule has 0 saturated heterocycles. The molecule has 0 N–H and O–H groups in total. The van der Waals surface area contributed by atoms with Crippen LogP contribution in [-0.4, -0.2) is 18.9 Å². The molecular formula is C17H15NO4S. The van der Waals surface area contributed by atoms with Crippen LogP contribution in [-0.2, 0) is 4.79 Å². The maximum absolute atomic E-state index is 12.0. The van der Waals surface area contributed by atoms with Crippen molar-refractivity contribution in [3.8, 4) is 17.6 Å². The summed E-state index contributed by atoms with van der Waals surface area (Å²) in [6.45, 7) is 1.92. The molecule has 0 bridgehead atoms. The Morgan fingerprint density at radius 3 is 2.57 bits per heavy atom. The van der Waals surface area contributed by atoms with E-state index < -0.39 is 5.97 Å².